The number of ether oxygens (including phenoxy) is 1. The van der Waals surface area contributed by atoms with Crippen molar-refractivity contribution in [3.63, 3.8) is 0 Å². The molecule has 0 aliphatic heterocycles. The molecule has 2 heteroatoms. The number of hydrogen-bond donors (Lipinski definition) is 1. The standard InChI is InChI=1S/C18H29NO/c1-4-6-7-13-20-18-10-8-17(9-11-18)14-16(3)15-19-12-5-2/h8-11,14,19H,4-7,12-13,15H2,1-3H3. The Morgan fingerprint density at radius 2 is 1.85 bits per heavy atom. The maximum Gasteiger partial charge on any atom is 0.119 e. The van der Waals surface area contributed by atoms with Crippen LogP contribution in [-0.4, -0.2) is 19.7 Å². The maximum absolute atomic E-state index is 5.71. The van der Waals surface area contributed by atoms with E-state index in [0.29, 0.717) is 0 Å². The monoisotopic (exact) mass is 275 g/mol. The Balaban J connectivity index is 2.39. The average Bonchev–Trinajstić information content (AvgIpc) is 2.46. The number of unbranched alkanes of at least 4 members (excludes halogenated alkanes) is 2. The molecule has 0 aliphatic carbocycles. The highest BCUT2D eigenvalue weighted by Crippen LogP contribution is 2.15. The Morgan fingerprint density at radius 3 is 2.50 bits per heavy atom. The molecule has 0 radical (unpaired) electrons. The van der Waals surface area contributed by atoms with Crippen LogP contribution < -0.4 is 10.1 Å². The third kappa shape index (κ3) is 7.34. The van der Waals surface area contributed by atoms with Crippen LogP contribution in [-0.2, 0) is 0 Å². The minimum atomic E-state index is 0.822. The molecule has 0 spiro atoms. The van der Waals surface area contributed by atoms with Crippen molar-refractivity contribution in [2.24, 2.45) is 0 Å². The van der Waals surface area contributed by atoms with Crippen molar-refractivity contribution >= 4 is 6.08 Å². The van der Waals surface area contributed by atoms with E-state index in [4.69, 9.17) is 4.74 Å². The van der Waals surface area contributed by atoms with E-state index in [9.17, 15) is 0 Å². The van der Waals surface area contributed by atoms with Crippen LogP contribution in [0.1, 0.15) is 52.0 Å². The zero-order valence-corrected chi connectivity index (χ0v) is 13.2. The maximum atomic E-state index is 5.71. The van der Waals surface area contributed by atoms with Crippen molar-refractivity contribution in [2.75, 3.05) is 19.7 Å². The molecular formula is C18H29NO. The highest BCUT2D eigenvalue weighted by Gasteiger charge is 1.95. The van der Waals surface area contributed by atoms with Gasteiger partial charge in [0.15, 0.2) is 0 Å². The zero-order chi connectivity index (χ0) is 14.6. The fraction of sp³-hybridized carbons (Fsp3) is 0.556. The lowest BCUT2D eigenvalue weighted by Gasteiger charge is -2.06. The van der Waals surface area contributed by atoms with Gasteiger partial charge in [-0.25, -0.2) is 0 Å². The largest absolute Gasteiger partial charge is 0.494 e. The van der Waals surface area contributed by atoms with Crippen LogP contribution in [0.2, 0.25) is 0 Å². The predicted octanol–water partition coefficient (Wildman–Crippen LogP) is 4.66. The van der Waals surface area contributed by atoms with E-state index >= 15 is 0 Å². The van der Waals surface area contributed by atoms with Crippen LogP contribution in [0.3, 0.4) is 0 Å². The van der Waals surface area contributed by atoms with E-state index in [-0.39, 0.29) is 0 Å². The van der Waals surface area contributed by atoms with E-state index in [1.165, 1.54) is 30.4 Å². The third-order valence-corrected chi connectivity index (χ3v) is 3.14. The molecule has 0 aromatic heterocycles. The highest BCUT2D eigenvalue weighted by atomic mass is 16.5. The summed E-state index contributed by atoms with van der Waals surface area (Å²) in [4.78, 5) is 0. The van der Waals surface area contributed by atoms with Gasteiger partial charge in [-0.05, 0) is 44.0 Å². The molecule has 112 valence electrons. The summed E-state index contributed by atoms with van der Waals surface area (Å²) in [7, 11) is 0. The molecule has 1 N–H and O–H groups in total. The molecule has 1 aromatic rings. The van der Waals surface area contributed by atoms with E-state index < -0.39 is 0 Å². The molecule has 0 bridgehead atoms. The first-order chi connectivity index (χ1) is 9.76. The lowest BCUT2D eigenvalue weighted by atomic mass is 10.1. The molecule has 0 amide bonds. The second-order valence-electron chi connectivity index (χ2n) is 5.29. The third-order valence-electron chi connectivity index (χ3n) is 3.14. The summed E-state index contributed by atoms with van der Waals surface area (Å²) in [6.07, 6.45) is 7.02. The summed E-state index contributed by atoms with van der Waals surface area (Å²) >= 11 is 0. The Kier molecular flexibility index (Phi) is 8.81. The van der Waals surface area contributed by atoms with Crippen LogP contribution >= 0.6 is 0 Å². The Bertz CT molecular complexity index is 381. The summed E-state index contributed by atoms with van der Waals surface area (Å²) in [5, 5.41) is 3.41. The van der Waals surface area contributed by atoms with Crippen molar-refractivity contribution in [3.8, 4) is 5.75 Å². The lowest BCUT2D eigenvalue weighted by molar-refractivity contribution is 0.306. The zero-order valence-electron chi connectivity index (χ0n) is 13.2. The Morgan fingerprint density at radius 1 is 1.10 bits per heavy atom. The van der Waals surface area contributed by atoms with Gasteiger partial charge in [0.05, 0.1) is 6.61 Å². The van der Waals surface area contributed by atoms with Gasteiger partial charge in [-0.15, -0.1) is 0 Å². The van der Waals surface area contributed by atoms with Gasteiger partial charge in [0.1, 0.15) is 5.75 Å². The summed E-state index contributed by atoms with van der Waals surface area (Å²) in [5.74, 6) is 0.972. The van der Waals surface area contributed by atoms with Crippen LogP contribution in [0.4, 0.5) is 0 Å². The molecule has 0 saturated heterocycles. The topological polar surface area (TPSA) is 21.3 Å². The first-order valence-electron chi connectivity index (χ1n) is 7.87. The van der Waals surface area contributed by atoms with Gasteiger partial charge in [-0.2, -0.15) is 0 Å². The summed E-state index contributed by atoms with van der Waals surface area (Å²) in [6.45, 7) is 9.42. The highest BCUT2D eigenvalue weighted by molar-refractivity contribution is 5.53. The molecular weight excluding hydrogens is 246 g/mol. The molecule has 1 aromatic carbocycles. The Labute approximate surface area is 124 Å². The van der Waals surface area contributed by atoms with E-state index in [0.717, 1.165) is 31.9 Å². The number of nitrogens with one attached hydrogen (secondary N) is 1. The summed E-state index contributed by atoms with van der Waals surface area (Å²) in [5.41, 5.74) is 2.59. The van der Waals surface area contributed by atoms with Gasteiger partial charge < -0.3 is 10.1 Å². The average molecular weight is 275 g/mol. The van der Waals surface area contributed by atoms with E-state index in [2.05, 4.69) is 56.4 Å². The first-order valence-corrected chi connectivity index (χ1v) is 7.87. The van der Waals surface area contributed by atoms with Gasteiger partial charge in [0.25, 0.3) is 0 Å². The molecule has 0 saturated carbocycles. The fourth-order valence-electron chi connectivity index (χ4n) is 2.00. The van der Waals surface area contributed by atoms with Gasteiger partial charge >= 0.3 is 0 Å². The van der Waals surface area contributed by atoms with Crippen LogP contribution in [0, 0.1) is 0 Å². The van der Waals surface area contributed by atoms with E-state index in [1.807, 2.05) is 0 Å². The second kappa shape index (κ2) is 10.5. The molecule has 0 unspecified atom stereocenters. The SMILES string of the molecule is CCCCCOc1ccc(C=C(C)CNCCC)cc1. The Hall–Kier alpha value is -1.28. The summed E-state index contributed by atoms with van der Waals surface area (Å²) in [6, 6.07) is 8.37. The fourth-order valence-corrected chi connectivity index (χ4v) is 2.00. The minimum Gasteiger partial charge on any atom is -0.494 e. The number of hydrogen-bond acceptors (Lipinski definition) is 2. The molecule has 0 atom stereocenters. The molecule has 0 aliphatic rings. The molecule has 2 nitrogen and oxygen atoms in total. The van der Waals surface area contributed by atoms with Gasteiger partial charge in [0.2, 0.25) is 0 Å². The van der Waals surface area contributed by atoms with Gasteiger partial charge in [0, 0.05) is 6.54 Å². The van der Waals surface area contributed by atoms with Crippen molar-refractivity contribution in [1.29, 1.82) is 0 Å². The molecule has 1 rings (SSSR count). The molecule has 0 heterocycles. The van der Waals surface area contributed by atoms with E-state index in [1.54, 1.807) is 0 Å². The van der Waals surface area contributed by atoms with Crippen molar-refractivity contribution in [2.45, 2.75) is 46.5 Å². The number of rotatable bonds is 10. The molecule has 20 heavy (non-hydrogen) atoms. The smallest absolute Gasteiger partial charge is 0.119 e. The molecule has 0 fully saturated rings. The van der Waals surface area contributed by atoms with Gasteiger partial charge in [-0.3, -0.25) is 0 Å². The van der Waals surface area contributed by atoms with Gasteiger partial charge in [-0.1, -0.05) is 50.5 Å². The first kappa shape index (κ1) is 16.8. The summed E-state index contributed by atoms with van der Waals surface area (Å²) < 4.78 is 5.71. The quantitative estimate of drug-likeness (QED) is 0.627. The predicted molar refractivity (Wildman–Crippen MR) is 88.3 cm³/mol. The van der Waals surface area contributed by atoms with Crippen molar-refractivity contribution in [3.05, 3.63) is 35.4 Å². The second-order valence-corrected chi connectivity index (χ2v) is 5.29. The minimum absolute atomic E-state index is 0.822. The van der Waals surface area contributed by atoms with Crippen LogP contribution in [0.25, 0.3) is 6.08 Å². The van der Waals surface area contributed by atoms with Crippen LogP contribution in [0.15, 0.2) is 29.8 Å². The normalized spacial score (nSPS) is 11.7. The van der Waals surface area contributed by atoms with Crippen molar-refractivity contribution in [1.82, 2.24) is 5.32 Å². The van der Waals surface area contributed by atoms with Crippen LogP contribution in [0.5, 0.6) is 5.75 Å². The lowest BCUT2D eigenvalue weighted by Crippen LogP contribution is -2.16. The number of benzene rings is 1. The van der Waals surface area contributed by atoms with Crippen molar-refractivity contribution < 1.29 is 4.74 Å².